The van der Waals surface area contributed by atoms with E-state index < -0.39 is 0 Å². The Bertz CT molecular complexity index is 772. The molecule has 0 spiro atoms. The van der Waals surface area contributed by atoms with E-state index in [1.54, 1.807) is 11.8 Å². The molecular formula is C17H18N4S. The van der Waals surface area contributed by atoms with E-state index in [9.17, 15) is 0 Å². The Morgan fingerprint density at radius 3 is 2.77 bits per heavy atom. The highest BCUT2D eigenvalue weighted by atomic mass is 32.2. The van der Waals surface area contributed by atoms with Crippen molar-refractivity contribution in [3.63, 3.8) is 0 Å². The third-order valence-corrected chi connectivity index (χ3v) is 5.35. The normalized spacial score (nSPS) is 15.6. The van der Waals surface area contributed by atoms with Crippen molar-refractivity contribution in [2.75, 3.05) is 0 Å². The molecule has 0 aliphatic heterocycles. The number of hydrogen-bond donors (Lipinski definition) is 0. The molecule has 0 bridgehead atoms. The van der Waals surface area contributed by atoms with Crippen molar-refractivity contribution in [3.8, 4) is 0 Å². The third-order valence-electron chi connectivity index (χ3n) is 4.37. The van der Waals surface area contributed by atoms with Gasteiger partial charge < -0.3 is 0 Å². The van der Waals surface area contributed by atoms with Gasteiger partial charge in [-0.15, -0.1) is 5.10 Å². The lowest BCUT2D eigenvalue weighted by Crippen LogP contribution is -2.08. The van der Waals surface area contributed by atoms with E-state index in [0.29, 0.717) is 6.04 Å². The highest BCUT2D eigenvalue weighted by Crippen LogP contribution is 2.33. The van der Waals surface area contributed by atoms with Gasteiger partial charge >= 0.3 is 0 Å². The van der Waals surface area contributed by atoms with Gasteiger partial charge in [-0.25, -0.2) is 4.68 Å². The molecule has 0 unspecified atom stereocenters. The lowest BCUT2D eigenvalue weighted by molar-refractivity contribution is 0.423. The predicted molar refractivity (Wildman–Crippen MR) is 88.8 cm³/mol. The summed E-state index contributed by atoms with van der Waals surface area (Å²) in [7, 11) is 0. The summed E-state index contributed by atoms with van der Waals surface area (Å²) in [5, 5.41) is 15.9. The molecule has 112 valence electrons. The smallest absolute Gasteiger partial charge is 0.209 e. The molecule has 1 aliphatic rings. The van der Waals surface area contributed by atoms with Crippen molar-refractivity contribution < 1.29 is 0 Å². The van der Waals surface area contributed by atoms with Crippen LogP contribution in [0.25, 0.3) is 10.8 Å². The van der Waals surface area contributed by atoms with E-state index >= 15 is 0 Å². The Morgan fingerprint density at radius 1 is 1.05 bits per heavy atom. The maximum absolute atomic E-state index is 4.22. The summed E-state index contributed by atoms with van der Waals surface area (Å²) in [5.41, 5.74) is 1.34. The third kappa shape index (κ3) is 2.61. The van der Waals surface area contributed by atoms with Crippen molar-refractivity contribution in [2.24, 2.45) is 0 Å². The van der Waals surface area contributed by atoms with E-state index in [1.807, 2.05) is 4.68 Å². The SMILES string of the molecule is c1ccc2c(CSc3nnnn3C3CCCC3)cccc2c1. The molecule has 0 radical (unpaired) electrons. The van der Waals surface area contributed by atoms with Crippen LogP contribution in [-0.4, -0.2) is 20.2 Å². The fraction of sp³-hybridized carbons (Fsp3) is 0.353. The molecule has 1 heterocycles. The fourth-order valence-corrected chi connectivity index (χ4v) is 4.17. The summed E-state index contributed by atoms with van der Waals surface area (Å²) in [5.74, 6) is 0.897. The van der Waals surface area contributed by atoms with Crippen LogP contribution in [0.15, 0.2) is 47.6 Å². The van der Waals surface area contributed by atoms with Crippen LogP contribution in [0.2, 0.25) is 0 Å². The summed E-state index contributed by atoms with van der Waals surface area (Å²) in [6, 6.07) is 15.5. The topological polar surface area (TPSA) is 43.6 Å². The van der Waals surface area contributed by atoms with Crippen LogP contribution in [0, 0.1) is 0 Å². The van der Waals surface area contributed by atoms with Gasteiger partial charge in [0.1, 0.15) is 0 Å². The zero-order valence-electron chi connectivity index (χ0n) is 12.4. The minimum atomic E-state index is 0.491. The van der Waals surface area contributed by atoms with E-state index in [2.05, 4.69) is 58.0 Å². The Labute approximate surface area is 133 Å². The van der Waals surface area contributed by atoms with Crippen LogP contribution in [0.1, 0.15) is 37.3 Å². The van der Waals surface area contributed by atoms with Crippen LogP contribution in [0.5, 0.6) is 0 Å². The van der Waals surface area contributed by atoms with E-state index in [1.165, 1.54) is 42.0 Å². The Balaban J connectivity index is 1.56. The molecule has 1 aliphatic carbocycles. The first-order chi connectivity index (χ1) is 10.9. The van der Waals surface area contributed by atoms with Gasteiger partial charge in [0, 0.05) is 5.75 Å². The van der Waals surface area contributed by atoms with E-state index in [4.69, 9.17) is 0 Å². The molecule has 1 fully saturated rings. The van der Waals surface area contributed by atoms with Gasteiger partial charge in [0.05, 0.1) is 6.04 Å². The summed E-state index contributed by atoms with van der Waals surface area (Å²) < 4.78 is 2.03. The van der Waals surface area contributed by atoms with Crippen LogP contribution in [0.4, 0.5) is 0 Å². The summed E-state index contributed by atoms with van der Waals surface area (Å²) in [4.78, 5) is 0. The minimum absolute atomic E-state index is 0.491. The molecule has 2 aromatic carbocycles. The zero-order chi connectivity index (χ0) is 14.8. The maximum atomic E-state index is 4.22. The number of aromatic nitrogens is 4. The predicted octanol–water partition coefficient (Wildman–Crippen LogP) is 4.23. The number of rotatable bonds is 4. The second-order valence-corrected chi connectivity index (χ2v) is 6.71. The highest BCUT2D eigenvalue weighted by Gasteiger charge is 2.21. The van der Waals surface area contributed by atoms with Gasteiger partial charge in [0.15, 0.2) is 0 Å². The largest absolute Gasteiger partial charge is 0.217 e. The lowest BCUT2D eigenvalue weighted by Gasteiger charge is -2.11. The number of benzene rings is 2. The Hall–Kier alpha value is -1.88. The average molecular weight is 310 g/mol. The van der Waals surface area contributed by atoms with Crippen molar-refractivity contribution >= 4 is 22.5 Å². The molecule has 4 nitrogen and oxygen atoms in total. The number of nitrogens with zero attached hydrogens (tertiary/aromatic N) is 4. The molecule has 5 heteroatoms. The van der Waals surface area contributed by atoms with Crippen LogP contribution in [0.3, 0.4) is 0 Å². The monoisotopic (exact) mass is 310 g/mol. The maximum Gasteiger partial charge on any atom is 0.209 e. The molecule has 0 atom stereocenters. The van der Waals surface area contributed by atoms with Crippen molar-refractivity contribution in [2.45, 2.75) is 42.6 Å². The van der Waals surface area contributed by atoms with Crippen LogP contribution < -0.4 is 0 Å². The second-order valence-electron chi connectivity index (χ2n) is 5.77. The van der Waals surface area contributed by atoms with Crippen LogP contribution >= 0.6 is 11.8 Å². The second kappa shape index (κ2) is 6.08. The zero-order valence-corrected chi connectivity index (χ0v) is 13.2. The number of fused-ring (bicyclic) bond motifs is 1. The van der Waals surface area contributed by atoms with Gasteiger partial charge in [0.25, 0.3) is 0 Å². The molecule has 22 heavy (non-hydrogen) atoms. The Morgan fingerprint density at radius 2 is 1.86 bits per heavy atom. The van der Waals surface area contributed by atoms with E-state index in [0.717, 1.165) is 10.9 Å². The molecule has 1 saturated carbocycles. The highest BCUT2D eigenvalue weighted by molar-refractivity contribution is 7.98. The standard InChI is InChI=1S/C17H18N4S/c1-4-11-16-13(6-1)7-5-8-14(16)12-22-17-18-19-20-21(17)15-9-2-3-10-15/h1,4-8,11,15H,2-3,9-10,12H2. The quantitative estimate of drug-likeness (QED) is 0.676. The fourth-order valence-electron chi connectivity index (χ4n) is 3.22. The van der Waals surface area contributed by atoms with Gasteiger partial charge in [-0.3, -0.25) is 0 Å². The molecular weight excluding hydrogens is 292 g/mol. The first kappa shape index (κ1) is 13.8. The molecule has 0 amide bonds. The van der Waals surface area contributed by atoms with Gasteiger partial charge in [0.2, 0.25) is 5.16 Å². The first-order valence-electron chi connectivity index (χ1n) is 7.79. The molecule has 1 aromatic heterocycles. The summed E-state index contributed by atoms with van der Waals surface area (Å²) in [6.07, 6.45) is 4.98. The Kier molecular flexibility index (Phi) is 3.81. The van der Waals surface area contributed by atoms with Crippen LogP contribution in [-0.2, 0) is 5.75 Å². The molecule has 0 N–H and O–H groups in total. The minimum Gasteiger partial charge on any atom is -0.217 e. The van der Waals surface area contributed by atoms with Gasteiger partial charge in [-0.1, -0.05) is 67.1 Å². The van der Waals surface area contributed by atoms with Crippen molar-refractivity contribution in [1.82, 2.24) is 20.2 Å². The number of tetrazole rings is 1. The molecule has 3 aromatic rings. The first-order valence-corrected chi connectivity index (χ1v) is 8.78. The van der Waals surface area contributed by atoms with Crippen molar-refractivity contribution in [3.05, 3.63) is 48.0 Å². The van der Waals surface area contributed by atoms with Gasteiger partial charge in [-0.2, -0.15) is 0 Å². The number of hydrogen-bond acceptors (Lipinski definition) is 4. The average Bonchev–Trinajstić information content (AvgIpc) is 3.23. The molecule has 4 rings (SSSR count). The van der Waals surface area contributed by atoms with Crippen molar-refractivity contribution in [1.29, 1.82) is 0 Å². The van der Waals surface area contributed by atoms with E-state index in [-0.39, 0.29) is 0 Å². The van der Waals surface area contributed by atoms with Gasteiger partial charge in [-0.05, 0) is 39.6 Å². The summed E-state index contributed by atoms with van der Waals surface area (Å²) >= 11 is 1.74. The summed E-state index contributed by atoms with van der Waals surface area (Å²) in [6.45, 7) is 0. The molecule has 0 saturated heterocycles. The number of thioether (sulfide) groups is 1. The lowest BCUT2D eigenvalue weighted by atomic mass is 10.1.